The molecule has 20 heavy (non-hydrogen) atoms. The van der Waals surface area contributed by atoms with Crippen LogP contribution in [-0.4, -0.2) is 41.0 Å². The Kier molecular flexibility index (Phi) is 3.74. The lowest BCUT2D eigenvalue weighted by Gasteiger charge is -2.32. The highest BCUT2D eigenvalue weighted by atomic mass is 16.1. The lowest BCUT2D eigenvalue weighted by Crippen LogP contribution is -2.41. The Morgan fingerprint density at radius 1 is 1.40 bits per heavy atom. The van der Waals surface area contributed by atoms with Crippen molar-refractivity contribution < 1.29 is 4.79 Å². The van der Waals surface area contributed by atoms with Gasteiger partial charge in [0.05, 0.1) is 0 Å². The normalized spacial score (nSPS) is 20.9. The van der Waals surface area contributed by atoms with E-state index in [0.29, 0.717) is 11.2 Å². The third-order valence-electron chi connectivity index (χ3n) is 4.91. The summed E-state index contributed by atoms with van der Waals surface area (Å²) < 4.78 is 0. The van der Waals surface area contributed by atoms with Gasteiger partial charge in [0.2, 0.25) is 0 Å². The molecule has 2 fully saturated rings. The maximum Gasteiger partial charge on any atom is 0.270 e. The number of amides is 1. The molecular weight excluding hydrogens is 250 g/mol. The van der Waals surface area contributed by atoms with Crippen LogP contribution in [0.2, 0.25) is 0 Å². The van der Waals surface area contributed by atoms with E-state index in [1.165, 1.54) is 38.8 Å². The van der Waals surface area contributed by atoms with Crippen molar-refractivity contribution in [3.63, 3.8) is 0 Å². The number of nitrogens with zero attached hydrogens (tertiary/aromatic N) is 2. The van der Waals surface area contributed by atoms with Gasteiger partial charge in [-0.3, -0.25) is 14.7 Å². The van der Waals surface area contributed by atoms with Crippen LogP contribution in [0.3, 0.4) is 0 Å². The van der Waals surface area contributed by atoms with Gasteiger partial charge in [0, 0.05) is 18.3 Å². The zero-order valence-electron chi connectivity index (χ0n) is 12.2. The molecule has 0 bridgehead atoms. The first-order chi connectivity index (χ1) is 9.71. The highest BCUT2D eigenvalue weighted by molar-refractivity contribution is 5.93. The van der Waals surface area contributed by atoms with Crippen molar-refractivity contribution in [2.24, 2.45) is 0 Å². The lowest BCUT2D eigenvalue weighted by atomic mass is 9.90. The minimum Gasteiger partial charge on any atom is -0.351 e. The molecule has 2 saturated heterocycles. The van der Waals surface area contributed by atoms with E-state index in [1.54, 1.807) is 6.20 Å². The van der Waals surface area contributed by atoms with E-state index in [9.17, 15) is 4.79 Å². The van der Waals surface area contributed by atoms with E-state index in [2.05, 4.69) is 15.2 Å². The van der Waals surface area contributed by atoms with Crippen molar-refractivity contribution in [3.05, 3.63) is 29.6 Å². The van der Waals surface area contributed by atoms with E-state index < -0.39 is 0 Å². The first kappa shape index (κ1) is 13.6. The molecule has 4 heteroatoms. The molecule has 2 aliphatic heterocycles. The number of nitrogens with one attached hydrogen (secondary N) is 1. The molecule has 0 saturated carbocycles. The Morgan fingerprint density at radius 3 is 2.85 bits per heavy atom. The van der Waals surface area contributed by atoms with Gasteiger partial charge in [0.15, 0.2) is 0 Å². The molecule has 0 spiro atoms. The number of pyridine rings is 1. The molecule has 1 amide bonds. The van der Waals surface area contributed by atoms with Gasteiger partial charge in [0.25, 0.3) is 5.91 Å². The standard InChI is InChI=1S/C16H23N3O/c1-13-5-2-9-17-14(13)15(20)18-10-8-16-6-3-11-19(16)12-4-7-16/h2,5,9H,3-4,6-8,10-12H2,1H3,(H,18,20). The van der Waals surface area contributed by atoms with Gasteiger partial charge >= 0.3 is 0 Å². The molecule has 1 N–H and O–H groups in total. The van der Waals surface area contributed by atoms with Crippen LogP contribution >= 0.6 is 0 Å². The van der Waals surface area contributed by atoms with E-state index in [1.807, 2.05) is 19.1 Å². The fraction of sp³-hybridized carbons (Fsp3) is 0.625. The summed E-state index contributed by atoms with van der Waals surface area (Å²) >= 11 is 0. The van der Waals surface area contributed by atoms with Gasteiger partial charge in [-0.2, -0.15) is 0 Å². The highest BCUT2D eigenvalue weighted by Crippen LogP contribution is 2.40. The molecule has 0 atom stereocenters. The van der Waals surface area contributed by atoms with Crippen molar-refractivity contribution in [2.45, 2.75) is 44.6 Å². The van der Waals surface area contributed by atoms with E-state index in [0.717, 1.165) is 18.5 Å². The number of hydrogen-bond donors (Lipinski definition) is 1. The number of carbonyl (C=O) groups is 1. The zero-order chi connectivity index (χ0) is 14.0. The topological polar surface area (TPSA) is 45.2 Å². The van der Waals surface area contributed by atoms with Crippen LogP contribution in [0.1, 0.15) is 48.2 Å². The second-order valence-corrected chi connectivity index (χ2v) is 6.09. The molecule has 0 aliphatic carbocycles. The average Bonchev–Trinajstić information content (AvgIpc) is 2.98. The minimum absolute atomic E-state index is 0.0398. The van der Waals surface area contributed by atoms with Gasteiger partial charge < -0.3 is 5.32 Å². The maximum absolute atomic E-state index is 12.1. The Bertz CT molecular complexity index is 490. The third kappa shape index (κ3) is 2.44. The number of fused-ring (bicyclic) bond motifs is 1. The molecule has 2 aliphatic rings. The Morgan fingerprint density at radius 2 is 2.15 bits per heavy atom. The smallest absolute Gasteiger partial charge is 0.270 e. The summed E-state index contributed by atoms with van der Waals surface area (Å²) in [4.78, 5) is 18.9. The number of aryl methyl sites for hydroxylation is 1. The molecular formula is C16H23N3O. The monoisotopic (exact) mass is 273 g/mol. The van der Waals surface area contributed by atoms with E-state index >= 15 is 0 Å². The Labute approximate surface area is 120 Å². The lowest BCUT2D eigenvalue weighted by molar-refractivity contribution is 0.0937. The van der Waals surface area contributed by atoms with Gasteiger partial charge in [-0.15, -0.1) is 0 Å². The third-order valence-corrected chi connectivity index (χ3v) is 4.91. The first-order valence-electron chi connectivity index (χ1n) is 7.66. The fourth-order valence-corrected chi connectivity index (χ4v) is 3.85. The van der Waals surface area contributed by atoms with Gasteiger partial charge in [-0.1, -0.05) is 6.07 Å². The predicted octanol–water partition coefficient (Wildman–Crippen LogP) is 2.14. The SMILES string of the molecule is Cc1cccnc1C(=O)NCCC12CCCN1CCC2. The summed E-state index contributed by atoms with van der Waals surface area (Å²) in [5, 5.41) is 3.05. The highest BCUT2D eigenvalue weighted by Gasteiger charge is 2.43. The molecule has 1 aromatic rings. The van der Waals surface area contributed by atoms with Gasteiger partial charge in [-0.25, -0.2) is 0 Å². The van der Waals surface area contributed by atoms with Crippen LogP contribution in [0, 0.1) is 6.92 Å². The molecule has 3 rings (SSSR count). The molecule has 108 valence electrons. The maximum atomic E-state index is 12.1. The second kappa shape index (κ2) is 5.52. The average molecular weight is 273 g/mol. The van der Waals surface area contributed by atoms with Crippen LogP contribution in [-0.2, 0) is 0 Å². The number of rotatable bonds is 4. The first-order valence-corrected chi connectivity index (χ1v) is 7.66. The Hall–Kier alpha value is -1.42. The van der Waals surface area contributed by atoms with Gasteiger partial charge in [0.1, 0.15) is 5.69 Å². The summed E-state index contributed by atoms with van der Waals surface area (Å²) in [6, 6.07) is 3.79. The van der Waals surface area contributed by atoms with E-state index in [4.69, 9.17) is 0 Å². The molecule has 0 radical (unpaired) electrons. The quantitative estimate of drug-likeness (QED) is 0.914. The number of hydrogen-bond acceptors (Lipinski definition) is 3. The molecule has 0 unspecified atom stereocenters. The number of carbonyl (C=O) groups excluding carboxylic acids is 1. The summed E-state index contributed by atoms with van der Waals surface area (Å²) in [7, 11) is 0. The molecule has 1 aromatic heterocycles. The van der Waals surface area contributed by atoms with Crippen LogP contribution in [0.15, 0.2) is 18.3 Å². The fourth-order valence-electron chi connectivity index (χ4n) is 3.85. The second-order valence-electron chi connectivity index (χ2n) is 6.09. The summed E-state index contributed by atoms with van der Waals surface area (Å²) in [5.74, 6) is -0.0398. The van der Waals surface area contributed by atoms with Crippen LogP contribution in [0.25, 0.3) is 0 Å². The number of aromatic nitrogens is 1. The van der Waals surface area contributed by atoms with Gasteiger partial charge in [-0.05, 0) is 63.7 Å². The van der Waals surface area contributed by atoms with Crippen molar-refractivity contribution in [3.8, 4) is 0 Å². The van der Waals surface area contributed by atoms with Crippen molar-refractivity contribution in [1.82, 2.24) is 15.2 Å². The molecule has 3 heterocycles. The van der Waals surface area contributed by atoms with Crippen LogP contribution in [0.4, 0.5) is 0 Å². The zero-order valence-corrected chi connectivity index (χ0v) is 12.2. The van der Waals surface area contributed by atoms with Crippen molar-refractivity contribution in [2.75, 3.05) is 19.6 Å². The predicted molar refractivity (Wildman–Crippen MR) is 78.7 cm³/mol. The van der Waals surface area contributed by atoms with Crippen molar-refractivity contribution >= 4 is 5.91 Å². The minimum atomic E-state index is -0.0398. The molecule has 4 nitrogen and oxygen atoms in total. The largest absolute Gasteiger partial charge is 0.351 e. The van der Waals surface area contributed by atoms with E-state index in [-0.39, 0.29) is 5.91 Å². The van der Waals surface area contributed by atoms with Crippen molar-refractivity contribution in [1.29, 1.82) is 0 Å². The van der Waals surface area contributed by atoms with Crippen LogP contribution in [0.5, 0.6) is 0 Å². The summed E-state index contributed by atoms with van der Waals surface area (Å²) in [5.41, 5.74) is 1.87. The summed E-state index contributed by atoms with van der Waals surface area (Å²) in [6.45, 7) is 5.17. The molecule has 0 aromatic carbocycles. The Balaban J connectivity index is 1.55. The van der Waals surface area contributed by atoms with Crippen LogP contribution < -0.4 is 5.32 Å². The summed E-state index contributed by atoms with van der Waals surface area (Å²) in [6.07, 6.45) is 7.97.